The van der Waals surface area contributed by atoms with Gasteiger partial charge in [0.2, 0.25) is 0 Å². The van der Waals surface area contributed by atoms with Gasteiger partial charge in [-0.15, -0.1) is 0 Å². The number of nitrogens with zero attached hydrogens (tertiary/aromatic N) is 3. The fourth-order valence-corrected chi connectivity index (χ4v) is 3.86. The van der Waals surface area contributed by atoms with Gasteiger partial charge in [-0.25, -0.2) is 8.42 Å². The van der Waals surface area contributed by atoms with Crippen LogP contribution in [-0.2, 0) is 9.84 Å². The molecule has 0 radical (unpaired) electrons. The van der Waals surface area contributed by atoms with Crippen LogP contribution in [-0.4, -0.2) is 36.6 Å². The van der Waals surface area contributed by atoms with Crippen molar-refractivity contribution in [3.05, 3.63) is 49.9 Å². The van der Waals surface area contributed by atoms with Gasteiger partial charge in [-0.1, -0.05) is 13.3 Å². The summed E-state index contributed by atoms with van der Waals surface area (Å²) < 4.78 is 23.4. The fraction of sp³-hybridized carbons (Fsp3) is 0.429. The summed E-state index contributed by atoms with van der Waals surface area (Å²) in [5.74, 6) is -0.162. The van der Waals surface area contributed by atoms with Gasteiger partial charge < -0.3 is 4.90 Å². The lowest BCUT2D eigenvalue weighted by Crippen LogP contribution is -2.37. The first kappa shape index (κ1) is 17.9. The molecule has 0 bridgehead atoms. The minimum atomic E-state index is -3.33. The summed E-state index contributed by atoms with van der Waals surface area (Å²) in [4.78, 5) is 22.4. The number of hydrogen-bond acceptors (Lipinski definition) is 7. The van der Waals surface area contributed by atoms with E-state index >= 15 is 0 Å². The molecule has 0 saturated heterocycles. The molecule has 1 aromatic carbocycles. The number of anilines is 1. The summed E-state index contributed by atoms with van der Waals surface area (Å²) in [5.41, 5.74) is -0.598. The first-order valence-electron chi connectivity index (χ1n) is 7.35. The molecule has 0 amide bonds. The molecule has 0 spiro atoms. The number of rotatable bonds is 7. The van der Waals surface area contributed by atoms with Gasteiger partial charge >= 0.3 is 0 Å². The molecule has 0 N–H and O–H groups in total. The van der Waals surface area contributed by atoms with Crippen LogP contribution in [0.25, 0.3) is 0 Å². The van der Waals surface area contributed by atoms with Crippen LogP contribution < -0.4 is 4.90 Å². The molecule has 0 unspecified atom stereocenters. The minimum Gasteiger partial charge on any atom is -0.358 e. The smallest absolute Gasteiger partial charge is 0.299 e. The van der Waals surface area contributed by atoms with Gasteiger partial charge in [0.15, 0.2) is 9.84 Å². The summed E-state index contributed by atoms with van der Waals surface area (Å²) in [6.45, 7) is 2.36. The Morgan fingerprint density at radius 3 is 2.46 bits per heavy atom. The highest BCUT2D eigenvalue weighted by molar-refractivity contribution is 7.94. The zero-order chi connectivity index (χ0) is 17.9. The van der Waals surface area contributed by atoms with E-state index in [1.807, 2.05) is 6.92 Å². The lowest BCUT2D eigenvalue weighted by molar-refractivity contribution is -0.393. The largest absolute Gasteiger partial charge is 0.358 e. The molecule has 0 fully saturated rings. The molecule has 0 aliphatic carbocycles. The first-order valence-corrected chi connectivity index (χ1v) is 9.07. The van der Waals surface area contributed by atoms with E-state index in [1.165, 1.54) is 18.2 Å². The molecule has 1 aliphatic heterocycles. The zero-order valence-corrected chi connectivity index (χ0v) is 13.8. The van der Waals surface area contributed by atoms with Gasteiger partial charge in [0.05, 0.1) is 27.7 Å². The number of nitro groups is 2. The van der Waals surface area contributed by atoms with E-state index in [4.69, 9.17) is 0 Å². The average molecular weight is 355 g/mol. The van der Waals surface area contributed by atoms with Crippen molar-refractivity contribution in [2.24, 2.45) is 0 Å². The molecule has 1 heterocycles. The summed E-state index contributed by atoms with van der Waals surface area (Å²) in [6, 6.07) is 2.88. The van der Waals surface area contributed by atoms with Crippen molar-refractivity contribution in [3.63, 3.8) is 0 Å². The first-order chi connectivity index (χ1) is 11.2. The summed E-state index contributed by atoms with van der Waals surface area (Å²) in [7, 11) is -3.33. The topological polar surface area (TPSA) is 124 Å². The Kier molecular flexibility index (Phi) is 5.17. The van der Waals surface area contributed by atoms with Gasteiger partial charge in [-0.3, -0.25) is 20.2 Å². The van der Waals surface area contributed by atoms with Crippen molar-refractivity contribution in [2.75, 3.05) is 17.2 Å². The zero-order valence-electron chi connectivity index (χ0n) is 13.0. The SMILES string of the molecule is CCCCN(c1ccc([N+](=O)[O-])cc1[N+](=O)[O-])[C@H]1C=CS(=O)(=O)C1. The molecule has 2 rings (SSSR count). The second-order valence-corrected chi connectivity index (χ2v) is 7.39. The van der Waals surface area contributed by atoms with E-state index in [1.54, 1.807) is 4.90 Å². The van der Waals surface area contributed by atoms with E-state index < -0.39 is 31.4 Å². The van der Waals surface area contributed by atoms with Crippen molar-refractivity contribution >= 4 is 26.9 Å². The van der Waals surface area contributed by atoms with Crippen LogP contribution in [0, 0.1) is 20.2 Å². The fourth-order valence-electron chi connectivity index (χ4n) is 2.56. The Morgan fingerprint density at radius 2 is 1.96 bits per heavy atom. The lowest BCUT2D eigenvalue weighted by Gasteiger charge is -2.29. The summed E-state index contributed by atoms with van der Waals surface area (Å²) in [5, 5.41) is 23.3. The molecule has 24 heavy (non-hydrogen) atoms. The average Bonchev–Trinajstić information content (AvgIpc) is 2.87. The van der Waals surface area contributed by atoms with Crippen molar-refractivity contribution < 1.29 is 18.3 Å². The molecule has 130 valence electrons. The number of nitro benzene ring substituents is 2. The van der Waals surface area contributed by atoms with E-state index in [0.29, 0.717) is 13.0 Å². The molecule has 10 heteroatoms. The lowest BCUT2D eigenvalue weighted by atomic mass is 10.1. The third kappa shape index (κ3) is 3.88. The molecular formula is C14H17N3O6S. The predicted octanol–water partition coefficient (Wildman–Crippen LogP) is 2.42. The molecular weight excluding hydrogens is 338 g/mol. The molecule has 0 saturated carbocycles. The number of benzene rings is 1. The Hall–Kier alpha value is -2.49. The van der Waals surface area contributed by atoms with Crippen molar-refractivity contribution in [1.82, 2.24) is 0 Å². The summed E-state index contributed by atoms with van der Waals surface area (Å²) in [6.07, 6.45) is 3.02. The van der Waals surface area contributed by atoms with Crippen LogP contribution in [0.4, 0.5) is 17.1 Å². The molecule has 0 aromatic heterocycles. The monoisotopic (exact) mass is 355 g/mol. The molecule has 1 aromatic rings. The second-order valence-electron chi connectivity index (χ2n) is 5.46. The van der Waals surface area contributed by atoms with E-state index in [-0.39, 0.29) is 17.1 Å². The van der Waals surface area contributed by atoms with Crippen molar-refractivity contribution in [1.29, 1.82) is 0 Å². The minimum absolute atomic E-state index is 0.162. The van der Waals surface area contributed by atoms with E-state index in [2.05, 4.69) is 0 Å². The van der Waals surface area contributed by atoms with Crippen LogP contribution in [0.3, 0.4) is 0 Å². The Morgan fingerprint density at radius 1 is 1.25 bits per heavy atom. The van der Waals surface area contributed by atoms with Gasteiger partial charge in [-0.2, -0.15) is 0 Å². The van der Waals surface area contributed by atoms with Crippen LogP contribution in [0.15, 0.2) is 29.7 Å². The molecule has 1 atom stereocenters. The number of hydrogen-bond donors (Lipinski definition) is 0. The number of sulfone groups is 1. The Bertz CT molecular complexity index is 790. The highest BCUT2D eigenvalue weighted by Gasteiger charge is 2.31. The number of non-ortho nitro benzene ring substituents is 1. The quantitative estimate of drug-likeness (QED) is 0.543. The van der Waals surface area contributed by atoms with Gasteiger partial charge in [0.25, 0.3) is 11.4 Å². The maximum absolute atomic E-state index is 11.7. The Balaban J connectivity index is 2.47. The van der Waals surface area contributed by atoms with Crippen molar-refractivity contribution in [2.45, 2.75) is 25.8 Å². The predicted molar refractivity (Wildman–Crippen MR) is 88.7 cm³/mol. The van der Waals surface area contributed by atoms with Crippen LogP contribution in [0.1, 0.15) is 19.8 Å². The maximum Gasteiger partial charge on any atom is 0.299 e. The van der Waals surface area contributed by atoms with Crippen molar-refractivity contribution in [3.8, 4) is 0 Å². The maximum atomic E-state index is 11.7. The third-order valence-corrected chi connectivity index (χ3v) is 5.12. The van der Waals surface area contributed by atoms with Crippen LogP contribution >= 0.6 is 0 Å². The standard InChI is InChI=1S/C14H17N3O6S/c1-2-3-7-15(12-6-8-24(22,23)10-12)13-5-4-11(16(18)19)9-14(13)17(20)21/h4-6,8-9,12H,2-3,7,10H2,1H3/t12-/m0/s1. The highest BCUT2D eigenvalue weighted by atomic mass is 32.2. The third-order valence-electron chi connectivity index (χ3n) is 3.74. The molecule has 9 nitrogen and oxygen atoms in total. The second kappa shape index (κ2) is 6.95. The normalized spacial score (nSPS) is 18.5. The van der Waals surface area contributed by atoms with Crippen LogP contribution in [0.5, 0.6) is 0 Å². The van der Waals surface area contributed by atoms with Gasteiger partial charge in [0.1, 0.15) is 5.69 Å². The van der Waals surface area contributed by atoms with Crippen LogP contribution in [0.2, 0.25) is 0 Å². The number of unbranched alkanes of at least 4 members (excludes halogenated alkanes) is 1. The Labute approximate surface area is 138 Å². The van der Waals surface area contributed by atoms with E-state index in [9.17, 15) is 28.6 Å². The van der Waals surface area contributed by atoms with Gasteiger partial charge in [-0.05, 0) is 18.6 Å². The highest BCUT2D eigenvalue weighted by Crippen LogP contribution is 2.34. The van der Waals surface area contributed by atoms with Gasteiger partial charge in [0, 0.05) is 18.0 Å². The summed E-state index contributed by atoms with van der Waals surface area (Å²) >= 11 is 0. The van der Waals surface area contributed by atoms with E-state index in [0.717, 1.165) is 17.9 Å². The molecule has 1 aliphatic rings.